The Hall–Kier alpha value is -3.87. The van der Waals surface area contributed by atoms with E-state index in [2.05, 4.69) is 22.6 Å². The fraction of sp³-hybridized carbons (Fsp3) is 0.269. The van der Waals surface area contributed by atoms with E-state index in [1.807, 2.05) is 72.3 Å². The van der Waals surface area contributed by atoms with Crippen molar-refractivity contribution in [3.05, 3.63) is 82.9 Å². The number of aromatic nitrogens is 3. The van der Waals surface area contributed by atoms with Gasteiger partial charge in [-0.2, -0.15) is 0 Å². The van der Waals surface area contributed by atoms with Crippen molar-refractivity contribution in [1.29, 1.82) is 0 Å². The molecule has 1 N–H and O–H groups in total. The monoisotopic (exact) mass is 442 g/mol. The molecule has 168 valence electrons. The molecule has 5 rings (SSSR count). The molecule has 0 aliphatic carbocycles. The van der Waals surface area contributed by atoms with Crippen LogP contribution in [0.15, 0.2) is 60.7 Å². The number of carbonyl (C=O) groups excluding carboxylic acids is 1. The first kappa shape index (κ1) is 21.0. The molecule has 0 radical (unpaired) electrons. The highest BCUT2D eigenvalue weighted by Gasteiger charge is 2.22. The largest absolute Gasteiger partial charge is 0.494 e. The Kier molecular flexibility index (Phi) is 5.69. The zero-order valence-electron chi connectivity index (χ0n) is 18.7. The van der Waals surface area contributed by atoms with Crippen molar-refractivity contribution in [2.45, 2.75) is 39.5 Å². The number of fused-ring (bicyclic) bond motifs is 2. The molecule has 7 nitrogen and oxygen atoms in total. The van der Waals surface area contributed by atoms with Crippen LogP contribution < -0.4 is 14.8 Å². The van der Waals surface area contributed by atoms with Gasteiger partial charge in [0, 0.05) is 29.7 Å². The molecule has 2 heterocycles. The van der Waals surface area contributed by atoms with E-state index in [0.717, 1.165) is 45.6 Å². The molecule has 0 bridgehead atoms. The summed E-state index contributed by atoms with van der Waals surface area (Å²) in [6.45, 7) is 5.54. The first-order chi connectivity index (χ1) is 16.1. The van der Waals surface area contributed by atoms with E-state index in [0.29, 0.717) is 25.3 Å². The molecule has 1 atom stereocenters. The van der Waals surface area contributed by atoms with Gasteiger partial charge >= 0.3 is 0 Å². The summed E-state index contributed by atoms with van der Waals surface area (Å²) in [7, 11) is 0. The van der Waals surface area contributed by atoms with Crippen molar-refractivity contribution >= 4 is 16.9 Å². The molecule has 7 heteroatoms. The maximum atomic E-state index is 12.8. The summed E-state index contributed by atoms with van der Waals surface area (Å²) < 4.78 is 13.5. The number of ether oxygens (including phenoxy) is 2. The zero-order valence-corrected chi connectivity index (χ0v) is 18.7. The minimum atomic E-state index is -0.134. The summed E-state index contributed by atoms with van der Waals surface area (Å²) in [5.74, 6) is 1.54. The number of hydrogen-bond donors (Lipinski definition) is 1. The van der Waals surface area contributed by atoms with Crippen LogP contribution in [-0.4, -0.2) is 33.6 Å². The first-order valence-electron chi connectivity index (χ1n) is 11.2. The minimum absolute atomic E-state index is 0.134. The molecule has 3 aromatic carbocycles. The minimum Gasteiger partial charge on any atom is -0.494 e. The third-order valence-corrected chi connectivity index (χ3v) is 5.79. The van der Waals surface area contributed by atoms with Gasteiger partial charge in [-0.1, -0.05) is 29.5 Å². The summed E-state index contributed by atoms with van der Waals surface area (Å²) >= 11 is 0. The maximum absolute atomic E-state index is 12.8. The van der Waals surface area contributed by atoms with E-state index in [9.17, 15) is 4.79 Å². The molecule has 1 amide bonds. The van der Waals surface area contributed by atoms with Crippen LogP contribution >= 0.6 is 0 Å². The lowest BCUT2D eigenvalue weighted by atomic mass is 10.1. The third-order valence-electron chi connectivity index (χ3n) is 5.79. The fourth-order valence-corrected chi connectivity index (χ4v) is 4.16. The molecule has 1 aromatic heterocycles. The van der Waals surface area contributed by atoms with Crippen LogP contribution in [0.5, 0.6) is 11.5 Å². The van der Waals surface area contributed by atoms with Crippen LogP contribution in [0.1, 0.15) is 40.9 Å². The molecule has 0 saturated carbocycles. The van der Waals surface area contributed by atoms with Gasteiger partial charge in [-0.05, 0) is 55.8 Å². The Balaban J connectivity index is 1.26. The highest BCUT2D eigenvalue weighted by Crippen LogP contribution is 2.35. The number of amides is 1. The number of rotatable bonds is 7. The van der Waals surface area contributed by atoms with Crippen molar-refractivity contribution in [3.8, 4) is 11.5 Å². The lowest BCUT2D eigenvalue weighted by Crippen LogP contribution is -2.23. The highest BCUT2D eigenvalue weighted by atomic mass is 16.5. The molecular weight excluding hydrogens is 416 g/mol. The normalized spacial score (nSPS) is 14.7. The number of nitrogens with one attached hydrogen (secondary N) is 1. The van der Waals surface area contributed by atoms with Gasteiger partial charge in [0.15, 0.2) is 0 Å². The SMILES string of the molecule is CCOc1cc2c(cc1CNC(=O)c1ccc(Cn3nnc4ccccc43)cc1)O[C@@H](C)C2. The molecule has 0 unspecified atom stereocenters. The van der Waals surface area contributed by atoms with Crippen LogP contribution in [0.4, 0.5) is 0 Å². The quantitative estimate of drug-likeness (QED) is 0.466. The summed E-state index contributed by atoms with van der Waals surface area (Å²) in [6.07, 6.45) is 1.03. The van der Waals surface area contributed by atoms with Crippen molar-refractivity contribution < 1.29 is 14.3 Å². The van der Waals surface area contributed by atoms with Crippen LogP contribution in [0.25, 0.3) is 11.0 Å². The second-order valence-electron chi connectivity index (χ2n) is 8.25. The molecular formula is C26H26N4O3. The van der Waals surface area contributed by atoms with Crippen molar-refractivity contribution in [1.82, 2.24) is 20.3 Å². The van der Waals surface area contributed by atoms with Gasteiger partial charge in [0.2, 0.25) is 0 Å². The van der Waals surface area contributed by atoms with Crippen LogP contribution in [0, 0.1) is 0 Å². The van der Waals surface area contributed by atoms with E-state index in [1.54, 1.807) is 0 Å². The predicted molar refractivity (Wildman–Crippen MR) is 126 cm³/mol. The number of hydrogen-bond acceptors (Lipinski definition) is 5. The lowest BCUT2D eigenvalue weighted by molar-refractivity contribution is 0.0950. The van der Waals surface area contributed by atoms with E-state index < -0.39 is 0 Å². The fourth-order valence-electron chi connectivity index (χ4n) is 4.16. The number of para-hydroxylation sites is 1. The second-order valence-corrected chi connectivity index (χ2v) is 8.25. The van der Waals surface area contributed by atoms with Gasteiger partial charge in [-0.3, -0.25) is 4.79 Å². The molecule has 0 spiro atoms. The molecule has 1 aliphatic rings. The zero-order chi connectivity index (χ0) is 22.8. The topological polar surface area (TPSA) is 78.3 Å². The van der Waals surface area contributed by atoms with E-state index >= 15 is 0 Å². The summed E-state index contributed by atoms with van der Waals surface area (Å²) in [4.78, 5) is 12.8. The highest BCUT2D eigenvalue weighted by molar-refractivity contribution is 5.94. The Labute approximate surface area is 192 Å². The summed E-state index contributed by atoms with van der Waals surface area (Å²) in [5.41, 5.74) is 5.56. The first-order valence-corrected chi connectivity index (χ1v) is 11.2. The van der Waals surface area contributed by atoms with Gasteiger partial charge in [0.25, 0.3) is 5.91 Å². The Morgan fingerprint density at radius 3 is 2.82 bits per heavy atom. The number of benzene rings is 3. The molecule has 1 aliphatic heterocycles. The van der Waals surface area contributed by atoms with Gasteiger partial charge in [-0.15, -0.1) is 5.10 Å². The van der Waals surface area contributed by atoms with Crippen LogP contribution in [0.2, 0.25) is 0 Å². The number of carbonyl (C=O) groups is 1. The van der Waals surface area contributed by atoms with E-state index in [-0.39, 0.29) is 12.0 Å². The van der Waals surface area contributed by atoms with E-state index in [1.165, 1.54) is 0 Å². The standard InChI is InChI=1S/C26H26N4O3/c1-3-32-24-13-20-12-17(2)33-25(20)14-21(24)15-27-26(31)19-10-8-18(9-11-19)16-30-23-7-5-4-6-22(23)28-29-30/h4-11,13-14,17H,3,12,15-16H2,1-2H3,(H,27,31)/t17-/m0/s1. The van der Waals surface area contributed by atoms with Gasteiger partial charge < -0.3 is 14.8 Å². The van der Waals surface area contributed by atoms with Gasteiger partial charge in [0.05, 0.1) is 18.7 Å². The number of nitrogens with zero attached hydrogens (tertiary/aromatic N) is 3. The van der Waals surface area contributed by atoms with E-state index in [4.69, 9.17) is 9.47 Å². The average Bonchev–Trinajstić information content (AvgIpc) is 3.40. The Morgan fingerprint density at radius 1 is 1.18 bits per heavy atom. The van der Waals surface area contributed by atoms with Gasteiger partial charge in [-0.25, -0.2) is 4.68 Å². The van der Waals surface area contributed by atoms with Crippen LogP contribution in [-0.2, 0) is 19.5 Å². The summed E-state index contributed by atoms with van der Waals surface area (Å²) in [5, 5.41) is 11.4. The molecule has 33 heavy (non-hydrogen) atoms. The maximum Gasteiger partial charge on any atom is 0.251 e. The summed E-state index contributed by atoms with van der Waals surface area (Å²) in [6, 6.07) is 19.4. The molecule has 4 aromatic rings. The van der Waals surface area contributed by atoms with Crippen molar-refractivity contribution in [2.24, 2.45) is 0 Å². The van der Waals surface area contributed by atoms with Crippen molar-refractivity contribution in [3.63, 3.8) is 0 Å². The predicted octanol–water partition coefficient (Wildman–Crippen LogP) is 4.13. The average molecular weight is 443 g/mol. The Morgan fingerprint density at radius 2 is 2.00 bits per heavy atom. The second kappa shape index (κ2) is 8.94. The van der Waals surface area contributed by atoms with Gasteiger partial charge in [0.1, 0.15) is 23.1 Å². The van der Waals surface area contributed by atoms with Crippen LogP contribution in [0.3, 0.4) is 0 Å². The lowest BCUT2D eigenvalue weighted by Gasteiger charge is -2.13. The molecule has 0 fully saturated rings. The third kappa shape index (κ3) is 4.39. The Bertz CT molecular complexity index is 1300. The molecule has 0 saturated heterocycles. The smallest absolute Gasteiger partial charge is 0.251 e. The van der Waals surface area contributed by atoms with Crippen molar-refractivity contribution in [2.75, 3.05) is 6.61 Å².